The third-order valence-corrected chi connectivity index (χ3v) is 2.11. The number of rotatable bonds is 5. The van der Waals surface area contributed by atoms with E-state index in [-0.39, 0.29) is 18.7 Å². The van der Waals surface area contributed by atoms with Gasteiger partial charge < -0.3 is 10.1 Å². The van der Waals surface area contributed by atoms with E-state index in [1.807, 2.05) is 0 Å². The second kappa shape index (κ2) is 5.86. The Balaban J connectivity index is 2.73. The van der Waals surface area contributed by atoms with Crippen molar-refractivity contribution in [2.24, 2.45) is 0 Å². The van der Waals surface area contributed by atoms with Crippen molar-refractivity contribution in [3.8, 4) is 0 Å². The van der Waals surface area contributed by atoms with Crippen LogP contribution in [0.1, 0.15) is 11.6 Å². The molecule has 90 valence electrons. The molecule has 1 N–H and O–H groups in total. The minimum atomic E-state index is -4.30. The molecule has 0 heterocycles. The molecular formula is C11H14F3NO. The molecule has 0 fully saturated rings. The van der Waals surface area contributed by atoms with Crippen LogP contribution in [0.15, 0.2) is 30.3 Å². The zero-order chi connectivity index (χ0) is 12.0. The molecule has 0 spiro atoms. The monoisotopic (exact) mass is 233 g/mol. The molecule has 0 aliphatic rings. The summed E-state index contributed by atoms with van der Waals surface area (Å²) in [6, 6.07) is 6.14. The largest absolute Gasteiger partial charge is 0.407 e. The number of ether oxygens (including phenoxy) is 1. The van der Waals surface area contributed by atoms with Gasteiger partial charge in [-0.3, -0.25) is 0 Å². The Hall–Kier alpha value is -1.07. The average molecular weight is 233 g/mol. The van der Waals surface area contributed by atoms with Crippen LogP contribution in [0.2, 0.25) is 0 Å². The van der Waals surface area contributed by atoms with E-state index < -0.39 is 12.2 Å². The van der Waals surface area contributed by atoms with E-state index >= 15 is 0 Å². The van der Waals surface area contributed by atoms with Crippen LogP contribution in [0.3, 0.4) is 0 Å². The first kappa shape index (κ1) is 13.0. The van der Waals surface area contributed by atoms with Gasteiger partial charge in [-0.25, -0.2) is 0 Å². The van der Waals surface area contributed by atoms with E-state index in [2.05, 4.69) is 5.32 Å². The summed E-state index contributed by atoms with van der Waals surface area (Å²) in [5.74, 6) is 0. The minimum Gasteiger partial charge on any atom is -0.383 e. The Bertz CT molecular complexity index is 300. The summed E-state index contributed by atoms with van der Waals surface area (Å²) in [5.41, 5.74) is 0.214. The first-order chi connectivity index (χ1) is 7.55. The highest BCUT2D eigenvalue weighted by molar-refractivity contribution is 5.20. The molecule has 16 heavy (non-hydrogen) atoms. The number of alkyl halides is 3. The van der Waals surface area contributed by atoms with E-state index in [4.69, 9.17) is 4.74 Å². The number of hydrogen-bond donors (Lipinski definition) is 1. The lowest BCUT2D eigenvalue weighted by Gasteiger charge is -2.21. The normalized spacial score (nSPS) is 13.8. The molecule has 0 aliphatic heterocycles. The predicted octanol–water partition coefficient (Wildman–Crippen LogP) is 2.53. The molecule has 0 saturated heterocycles. The van der Waals surface area contributed by atoms with Crippen LogP contribution in [0, 0.1) is 0 Å². The lowest BCUT2D eigenvalue weighted by atomic mass is 10.1. The second-order valence-corrected chi connectivity index (χ2v) is 3.33. The quantitative estimate of drug-likeness (QED) is 0.789. The Morgan fingerprint density at radius 3 is 2.38 bits per heavy atom. The average Bonchev–Trinajstić information content (AvgIpc) is 2.24. The summed E-state index contributed by atoms with van der Waals surface area (Å²) in [6.45, 7) is 0.412. The second-order valence-electron chi connectivity index (χ2n) is 3.33. The van der Waals surface area contributed by atoms with Crippen molar-refractivity contribution in [1.82, 2.24) is 5.32 Å². The lowest BCUT2D eigenvalue weighted by Crippen LogP contribution is -2.35. The van der Waals surface area contributed by atoms with Gasteiger partial charge in [0.1, 0.15) is 6.04 Å². The summed E-state index contributed by atoms with van der Waals surface area (Å²) < 4.78 is 42.9. The van der Waals surface area contributed by atoms with E-state index in [0.717, 1.165) is 0 Å². The smallest absolute Gasteiger partial charge is 0.383 e. The Morgan fingerprint density at radius 1 is 1.25 bits per heavy atom. The molecule has 0 saturated carbocycles. The maximum absolute atomic E-state index is 12.7. The molecule has 1 atom stereocenters. The number of nitrogens with one attached hydrogen (secondary N) is 1. The highest BCUT2D eigenvalue weighted by Gasteiger charge is 2.40. The molecule has 1 unspecified atom stereocenters. The standard InChI is InChI=1S/C11H14F3NO/c1-16-8-7-15-10(11(12,13)14)9-5-3-2-4-6-9/h2-6,10,15H,7-8H2,1H3. The van der Waals surface area contributed by atoms with Gasteiger partial charge in [0.2, 0.25) is 0 Å². The number of hydrogen-bond acceptors (Lipinski definition) is 2. The fraction of sp³-hybridized carbons (Fsp3) is 0.455. The summed E-state index contributed by atoms with van der Waals surface area (Å²) in [5, 5.41) is 2.43. The summed E-state index contributed by atoms with van der Waals surface area (Å²) >= 11 is 0. The van der Waals surface area contributed by atoms with E-state index in [1.54, 1.807) is 18.2 Å². The van der Waals surface area contributed by atoms with Crippen LogP contribution in [0.25, 0.3) is 0 Å². The fourth-order valence-electron chi connectivity index (χ4n) is 1.37. The van der Waals surface area contributed by atoms with Crippen molar-refractivity contribution in [1.29, 1.82) is 0 Å². The maximum atomic E-state index is 12.7. The van der Waals surface area contributed by atoms with Crippen LogP contribution >= 0.6 is 0 Å². The Kier molecular flexibility index (Phi) is 4.76. The van der Waals surface area contributed by atoms with Crippen LogP contribution in [0.5, 0.6) is 0 Å². The first-order valence-corrected chi connectivity index (χ1v) is 4.89. The third-order valence-electron chi connectivity index (χ3n) is 2.11. The van der Waals surface area contributed by atoms with Crippen molar-refractivity contribution < 1.29 is 17.9 Å². The van der Waals surface area contributed by atoms with Gasteiger partial charge in [0.25, 0.3) is 0 Å². The van der Waals surface area contributed by atoms with Gasteiger partial charge in [0, 0.05) is 13.7 Å². The number of methoxy groups -OCH3 is 1. The van der Waals surface area contributed by atoms with E-state index in [1.165, 1.54) is 19.2 Å². The molecule has 1 aromatic rings. The van der Waals surface area contributed by atoms with Crippen molar-refractivity contribution in [3.63, 3.8) is 0 Å². The highest BCUT2D eigenvalue weighted by Crippen LogP contribution is 2.32. The molecule has 2 nitrogen and oxygen atoms in total. The molecule has 0 aromatic heterocycles. The summed E-state index contributed by atoms with van der Waals surface area (Å²) in [4.78, 5) is 0. The minimum absolute atomic E-state index is 0.162. The molecule has 0 aliphatic carbocycles. The van der Waals surface area contributed by atoms with Crippen molar-refractivity contribution in [2.75, 3.05) is 20.3 Å². The van der Waals surface area contributed by atoms with Gasteiger partial charge in [-0.2, -0.15) is 13.2 Å². The van der Waals surface area contributed by atoms with Crippen molar-refractivity contribution in [3.05, 3.63) is 35.9 Å². The predicted molar refractivity (Wildman–Crippen MR) is 55.1 cm³/mol. The van der Waals surface area contributed by atoms with Gasteiger partial charge in [-0.1, -0.05) is 30.3 Å². The van der Waals surface area contributed by atoms with Gasteiger partial charge in [0.05, 0.1) is 6.61 Å². The molecule has 0 amide bonds. The Labute approximate surface area is 92.4 Å². The van der Waals surface area contributed by atoms with Crippen LogP contribution in [-0.4, -0.2) is 26.4 Å². The van der Waals surface area contributed by atoms with Crippen molar-refractivity contribution in [2.45, 2.75) is 12.2 Å². The van der Waals surface area contributed by atoms with Gasteiger partial charge >= 0.3 is 6.18 Å². The summed E-state index contributed by atoms with van der Waals surface area (Å²) in [6.07, 6.45) is -4.30. The zero-order valence-corrected chi connectivity index (χ0v) is 8.92. The molecule has 1 rings (SSSR count). The zero-order valence-electron chi connectivity index (χ0n) is 8.92. The third kappa shape index (κ3) is 3.83. The number of halogens is 3. The van der Waals surface area contributed by atoms with Crippen LogP contribution in [0.4, 0.5) is 13.2 Å². The van der Waals surface area contributed by atoms with Gasteiger partial charge in [0.15, 0.2) is 0 Å². The van der Waals surface area contributed by atoms with Crippen LogP contribution in [-0.2, 0) is 4.74 Å². The molecule has 0 bridgehead atoms. The van der Waals surface area contributed by atoms with E-state index in [0.29, 0.717) is 0 Å². The van der Waals surface area contributed by atoms with Crippen molar-refractivity contribution >= 4 is 0 Å². The first-order valence-electron chi connectivity index (χ1n) is 4.89. The van der Waals surface area contributed by atoms with Crippen LogP contribution < -0.4 is 5.32 Å². The maximum Gasteiger partial charge on any atom is 0.407 e. The Morgan fingerprint density at radius 2 is 1.88 bits per heavy atom. The lowest BCUT2D eigenvalue weighted by molar-refractivity contribution is -0.158. The molecule has 5 heteroatoms. The van der Waals surface area contributed by atoms with Gasteiger partial charge in [-0.05, 0) is 5.56 Å². The number of benzene rings is 1. The highest BCUT2D eigenvalue weighted by atomic mass is 19.4. The van der Waals surface area contributed by atoms with Gasteiger partial charge in [-0.15, -0.1) is 0 Å². The molecular weight excluding hydrogens is 219 g/mol. The fourth-order valence-corrected chi connectivity index (χ4v) is 1.37. The summed E-state index contributed by atoms with van der Waals surface area (Å²) in [7, 11) is 1.45. The molecule has 0 radical (unpaired) electrons. The SMILES string of the molecule is COCCNC(c1ccccc1)C(F)(F)F. The van der Waals surface area contributed by atoms with E-state index in [9.17, 15) is 13.2 Å². The topological polar surface area (TPSA) is 21.3 Å². The molecule has 1 aromatic carbocycles.